The molecule has 0 unspecified atom stereocenters. The lowest BCUT2D eigenvalue weighted by Crippen LogP contribution is -2.50. The van der Waals surface area contributed by atoms with Gasteiger partial charge >= 0.3 is 12.3 Å². The van der Waals surface area contributed by atoms with Gasteiger partial charge in [-0.25, -0.2) is 13.2 Å². The van der Waals surface area contributed by atoms with Gasteiger partial charge in [0.2, 0.25) is 10.0 Å². The number of cyclic esters (lactones) is 1. The summed E-state index contributed by atoms with van der Waals surface area (Å²) in [6.07, 6.45) is 0.122. The monoisotopic (exact) mass is 582 g/mol. The minimum absolute atomic E-state index is 0.0732. The summed E-state index contributed by atoms with van der Waals surface area (Å²) >= 11 is 0. The molecule has 1 saturated heterocycles. The van der Waals surface area contributed by atoms with Gasteiger partial charge in [0.05, 0.1) is 22.4 Å². The van der Waals surface area contributed by atoms with Gasteiger partial charge in [0.25, 0.3) is 5.69 Å². The molecular formula is C25H25F3N4O7S. The second-order valence-electron chi connectivity index (χ2n) is 9.04. The number of ether oxygens (including phenoxy) is 2. The second kappa shape index (κ2) is 11.6. The first-order valence-corrected chi connectivity index (χ1v) is 13.5. The second-order valence-corrected chi connectivity index (χ2v) is 10.9. The van der Waals surface area contributed by atoms with E-state index in [1.165, 1.54) is 4.90 Å². The fourth-order valence-corrected chi connectivity index (χ4v) is 6.24. The Bertz CT molecular complexity index is 1440. The minimum atomic E-state index is -4.86. The van der Waals surface area contributed by atoms with Crippen LogP contribution < -0.4 is 4.90 Å². The smallest absolute Gasteiger partial charge is 0.416 e. The molecule has 0 radical (unpaired) electrons. The van der Waals surface area contributed by atoms with Crippen molar-refractivity contribution < 1.29 is 40.8 Å². The number of carbonyl (C=O) groups excluding carboxylic acids is 1. The zero-order valence-corrected chi connectivity index (χ0v) is 22.0. The maximum Gasteiger partial charge on any atom is 0.416 e. The molecule has 40 heavy (non-hydrogen) atoms. The fraction of sp³-hybridized carbons (Fsp3) is 0.360. The van der Waals surface area contributed by atoms with E-state index >= 15 is 0 Å². The molecule has 15 heteroatoms. The van der Waals surface area contributed by atoms with Crippen molar-refractivity contribution in [1.82, 2.24) is 4.31 Å². The molecular weight excluding hydrogens is 557 g/mol. The molecule has 5 rings (SSSR count). The van der Waals surface area contributed by atoms with Crippen molar-refractivity contribution in [3.8, 4) is 0 Å². The average Bonchev–Trinajstić information content (AvgIpc) is 2.94. The molecule has 3 aliphatic rings. The number of aryl methyl sites for hydroxylation is 1. The van der Waals surface area contributed by atoms with Crippen molar-refractivity contribution in [3.63, 3.8) is 0 Å². The molecule has 0 spiro atoms. The van der Waals surface area contributed by atoms with Crippen LogP contribution in [-0.4, -0.2) is 55.8 Å². The Morgan fingerprint density at radius 3 is 2.42 bits per heavy atom. The number of benzene rings is 2. The summed E-state index contributed by atoms with van der Waals surface area (Å²) in [7, 11) is -4.45. The molecule has 3 heterocycles. The quantitative estimate of drug-likeness (QED) is 0.374. The number of fused-ring (bicyclic) bond motifs is 1. The molecule has 0 aromatic heterocycles. The zero-order chi connectivity index (χ0) is 29.1. The number of halogens is 3. The van der Waals surface area contributed by atoms with Crippen LogP contribution in [0.15, 0.2) is 58.6 Å². The molecule has 2 aromatic carbocycles. The van der Waals surface area contributed by atoms with Gasteiger partial charge in [0.1, 0.15) is 6.61 Å². The number of hydrogen-bond donors (Lipinski definition) is 0. The molecule has 0 bridgehead atoms. The molecule has 1 amide bonds. The number of nitrogens with zero attached hydrogens (tertiary/aromatic N) is 4. The largest absolute Gasteiger partial charge is 0.479 e. The number of carbonyl (C=O) groups is 1. The van der Waals surface area contributed by atoms with Crippen LogP contribution in [0, 0.1) is 17.0 Å². The first-order valence-electron chi connectivity index (χ1n) is 12.1. The van der Waals surface area contributed by atoms with E-state index in [2.05, 4.69) is 4.99 Å². The number of nitro benzene ring substituents is 1. The Labute approximate surface area is 227 Å². The number of hydrogen-bond acceptors (Lipinski definition) is 8. The van der Waals surface area contributed by atoms with Crippen LogP contribution in [0.2, 0.25) is 0 Å². The lowest BCUT2D eigenvalue weighted by molar-refractivity contribution is -0.388. The highest BCUT2D eigenvalue weighted by molar-refractivity contribution is 7.89. The van der Waals surface area contributed by atoms with Gasteiger partial charge in [-0.15, -0.1) is 0 Å². The lowest BCUT2D eigenvalue weighted by Gasteiger charge is -2.40. The third-order valence-electron chi connectivity index (χ3n) is 6.51. The molecule has 1 fully saturated rings. The first kappa shape index (κ1) is 29.0. The predicted octanol–water partition coefficient (Wildman–Crippen LogP) is 4.79. The van der Waals surface area contributed by atoms with Crippen LogP contribution in [0.5, 0.6) is 0 Å². The number of anilines is 1. The van der Waals surface area contributed by atoms with E-state index in [0.29, 0.717) is 18.9 Å². The number of amides is 1. The molecule has 2 aromatic rings. The number of nitro groups is 1. The van der Waals surface area contributed by atoms with Crippen LogP contribution >= 0.6 is 0 Å². The Hall–Kier alpha value is -3.98. The molecule has 3 aliphatic heterocycles. The predicted molar refractivity (Wildman–Crippen MR) is 137 cm³/mol. The van der Waals surface area contributed by atoms with Gasteiger partial charge in [-0.3, -0.25) is 20.0 Å². The number of piperidine rings is 1. The van der Waals surface area contributed by atoms with Gasteiger partial charge in [-0.05, 0) is 43.5 Å². The summed E-state index contributed by atoms with van der Waals surface area (Å²) in [5.41, 5.74) is -0.0336. The number of alkyl halides is 3. The number of rotatable bonds is 4. The van der Waals surface area contributed by atoms with E-state index in [9.17, 15) is 36.5 Å². The maximum atomic E-state index is 13.1. The van der Waals surface area contributed by atoms with E-state index < -0.39 is 43.4 Å². The van der Waals surface area contributed by atoms with Crippen molar-refractivity contribution in [1.29, 1.82) is 0 Å². The normalized spacial score (nSPS) is 17.8. The van der Waals surface area contributed by atoms with E-state index in [-0.39, 0.29) is 44.6 Å². The fourth-order valence-electron chi connectivity index (χ4n) is 4.63. The Morgan fingerprint density at radius 2 is 1.88 bits per heavy atom. The number of para-hydroxylation sites is 1. The third kappa shape index (κ3) is 6.09. The van der Waals surface area contributed by atoms with Gasteiger partial charge in [-0.1, -0.05) is 18.2 Å². The SMILES string of the molecule is C1=COCN=C1.Cc1cccc2c1N(C1CCN(S(=O)(=O)c3ccc(C(F)(F)F)cc3[N+](=O)[O-])CC1)C(=O)OC2. The number of allylic oxidation sites excluding steroid dienone is 1. The summed E-state index contributed by atoms with van der Waals surface area (Å²) in [4.78, 5) is 27.2. The molecule has 0 saturated carbocycles. The van der Waals surface area contributed by atoms with E-state index in [4.69, 9.17) is 9.47 Å². The molecule has 0 atom stereocenters. The molecule has 0 aliphatic carbocycles. The van der Waals surface area contributed by atoms with Crippen molar-refractivity contribution in [2.45, 2.75) is 43.5 Å². The van der Waals surface area contributed by atoms with Crippen LogP contribution in [0.1, 0.15) is 29.5 Å². The van der Waals surface area contributed by atoms with Crippen LogP contribution in [-0.2, 0) is 32.3 Å². The Balaban J connectivity index is 0.000000546. The highest BCUT2D eigenvalue weighted by Gasteiger charge is 2.41. The highest BCUT2D eigenvalue weighted by atomic mass is 32.2. The van der Waals surface area contributed by atoms with Crippen molar-refractivity contribution >= 4 is 33.7 Å². The maximum absolute atomic E-state index is 13.1. The van der Waals surface area contributed by atoms with E-state index in [0.717, 1.165) is 21.1 Å². The summed E-state index contributed by atoms with van der Waals surface area (Å²) in [5.74, 6) is 0. The van der Waals surface area contributed by atoms with Gasteiger partial charge in [0.15, 0.2) is 11.6 Å². The molecule has 214 valence electrons. The number of sulfonamides is 1. The summed E-state index contributed by atoms with van der Waals surface area (Å²) in [6, 6.07) is 6.52. The molecule has 11 nitrogen and oxygen atoms in total. The van der Waals surface area contributed by atoms with Crippen LogP contribution in [0.25, 0.3) is 0 Å². The minimum Gasteiger partial charge on any atom is -0.479 e. The van der Waals surface area contributed by atoms with E-state index in [1.54, 1.807) is 18.6 Å². The first-order chi connectivity index (χ1) is 18.9. The standard InChI is InChI=1S/C21H20F3N3O6S.C4H5NO/c1-13-3-2-4-14-12-33-20(28)26(19(13)14)16-7-9-25(10-8-16)34(31,32)18-6-5-15(21(22,23)24)11-17(18)27(29)30;1-2-5-4-6-3-1/h2-6,11,16H,7-10,12H2,1H3;1-3H,4H2. The Kier molecular flexibility index (Phi) is 8.44. The summed E-state index contributed by atoms with van der Waals surface area (Å²) in [5, 5.41) is 11.4. The van der Waals surface area contributed by atoms with Crippen molar-refractivity contribution in [2.24, 2.45) is 4.99 Å². The lowest BCUT2D eigenvalue weighted by atomic mass is 10.00. The number of aliphatic imine (C=N–C) groups is 1. The highest BCUT2D eigenvalue weighted by Crippen LogP contribution is 2.38. The Morgan fingerprint density at radius 1 is 1.15 bits per heavy atom. The topological polar surface area (TPSA) is 132 Å². The average molecular weight is 583 g/mol. The van der Waals surface area contributed by atoms with Gasteiger partial charge in [-0.2, -0.15) is 17.5 Å². The van der Waals surface area contributed by atoms with Crippen LogP contribution in [0.4, 0.5) is 29.3 Å². The van der Waals surface area contributed by atoms with Gasteiger partial charge < -0.3 is 9.47 Å². The van der Waals surface area contributed by atoms with Crippen molar-refractivity contribution in [3.05, 3.63) is 75.5 Å². The van der Waals surface area contributed by atoms with Crippen molar-refractivity contribution in [2.75, 3.05) is 24.7 Å². The third-order valence-corrected chi connectivity index (χ3v) is 8.46. The van der Waals surface area contributed by atoms with Crippen LogP contribution in [0.3, 0.4) is 0 Å². The van der Waals surface area contributed by atoms with Gasteiger partial charge in [0, 0.05) is 37.0 Å². The summed E-state index contributed by atoms with van der Waals surface area (Å²) < 4.78 is 76.1. The van der Waals surface area contributed by atoms with E-state index in [1.807, 2.05) is 25.1 Å². The summed E-state index contributed by atoms with van der Waals surface area (Å²) in [6.45, 7) is 2.33. The zero-order valence-electron chi connectivity index (χ0n) is 21.2. The molecule has 0 N–H and O–H groups in total.